The van der Waals surface area contributed by atoms with Gasteiger partial charge < -0.3 is 15.4 Å². The third-order valence-electron chi connectivity index (χ3n) is 4.09. The van der Waals surface area contributed by atoms with Crippen LogP contribution in [0.25, 0.3) is 0 Å². The Morgan fingerprint density at radius 1 is 0.963 bits per heavy atom. The predicted molar refractivity (Wildman–Crippen MR) is 112 cm³/mol. The lowest BCUT2D eigenvalue weighted by atomic mass is 9.87. The maximum Gasteiger partial charge on any atom is 0.229 e. The van der Waals surface area contributed by atoms with Crippen LogP contribution in [0.2, 0.25) is 5.02 Å². The first-order valence-electron chi connectivity index (χ1n) is 8.66. The summed E-state index contributed by atoms with van der Waals surface area (Å²) < 4.78 is 5.34. The van der Waals surface area contributed by atoms with Gasteiger partial charge in [-0.2, -0.15) is 4.98 Å². The first kappa shape index (κ1) is 19.0. The van der Waals surface area contributed by atoms with Gasteiger partial charge in [-0.15, -0.1) is 0 Å². The van der Waals surface area contributed by atoms with E-state index in [4.69, 9.17) is 16.3 Å². The number of aromatic nitrogens is 2. The van der Waals surface area contributed by atoms with Crippen LogP contribution in [0.1, 0.15) is 26.3 Å². The number of nitrogens with one attached hydrogen (secondary N) is 2. The van der Waals surface area contributed by atoms with Crippen molar-refractivity contribution in [3.8, 4) is 5.75 Å². The number of hydrogen-bond acceptors (Lipinski definition) is 5. The predicted octanol–water partition coefficient (Wildman–Crippen LogP) is 5.92. The number of anilines is 4. The van der Waals surface area contributed by atoms with Crippen LogP contribution in [0.4, 0.5) is 23.1 Å². The Morgan fingerprint density at radius 2 is 1.70 bits per heavy atom. The van der Waals surface area contributed by atoms with E-state index in [0.29, 0.717) is 28.2 Å². The summed E-state index contributed by atoms with van der Waals surface area (Å²) in [4.78, 5) is 8.77. The summed E-state index contributed by atoms with van der Waals surface area (Å²) in [6.07, 6.45) is 1.69. The molecular weight excluding hydrogens is 360 g/mol. The van der Waals surface area contributed by atoms with Crippen LogP contribution in [0.5, 0.6) is 5.75 Å². The summed E-state index contributed by atoms with van der Waals surface area (Å²) in [5.41, 5.74) is 3.08. The summed E-state index contributed by atoms with van der Waals surface area (Å²) in [7, 11) is 1.61. The molecule has 0 saturated carbocycles. The standard InChI is InChI=1S/C21H23ClN4O/c1-21(2,3)14-5-8-16(9-6-14)24-19-11-12-23-20(26-19)25-17-13-15(22)7-10-18(17)27-4/h5-13H,1-4H3,(H2,23,24,25,26). The van der Waals surface area contributed by atoms with Crippen molar-refractivity contribution in [2.45, 2.75) is 26.2 Å². The Bertz CT molecular complexity index is 920. The lowest BCUT2D eigenvalue weighted by Gasteiger charge is -2.19. The third kappa shape index (κ3) is 4.89. The molecule has 5 nitrogen and oxygen atoms in total. The van der Waals surface area contributed by atoms with Crippen molar-refractivity contribution in [1.82, 2.24) is 9.97 Å². The van der Waals surface area contributed by atoms with Gasteiger partial charge in [0.2, 0.25) is 5.95 Å². The first-order valence-corrected chi connectivity index (χ1v) is 9.04. The van der Waals surface area contributed by atoms with E-state index in [-0.39, 0.29) is 5.41 Å². The molecule has 6 heteroatoms. The second-order valence-corrected chi connectivity index (χ2v) is 7.62. The molecule has 0 aliphatic rings. The van der Waals surface area contributed by atoms with E-state index in [1.54, 1.807) is 31.5 Å². The van der Waals surface area contributed by atoms with Crippen molar-refractivity contribution in [2.24, 2.45) is 0 Å². The van der Waals surface area contributed by atoms with Crippen LogP contribution in [0.3, 0.4) is 0 Å². The highest BCUT2D eigenvalue weighted by molar-refractivity contribution is 6.31. The van der Waals surface area contributed by atoms with Gasteiger partial charge in [-0.1, -0.05) is 44.5 Å². The Morgan fingerprint density at radius 3 is 2.37 bits per heavy atom. The number of ether oxygens (including phenoxy) is 1. The van der Waals surface area contributed by atoms with E-state index < -0.39 is 0 Å². The highest BCUT2D eigenvalue weighted by Gasteiger charge is 2.13. The van der Waals surface area contributed by atoms with Gasteiger partial charge in [-0.25, -0.2) is 4.98 Å². The Labute approximate surface area is 164 Å². The Hall–Kier alpha value is -2.79. The summed E-state index contributed by atoms with van der Waals surface area (Å²) in [6.45, 7) is 6.59. The van der Waals surface area contributed by atoms with Crippen molar-refractivity contribution in [1.29, 1.82) is 0 Å². The van der Waals surface area contributed by atoms with Gasteiger partial charge in [0, 0.05) is 16.9 Å². The van der Waals surface area contributed by atoms with Crippen molar-refractivity contribution in [2.75, 3.05) is 17.7 Å². The molecule has 1 aromatic heterocycles. The molecule has 0 bridgehead atoms. The minimum Gasteiger partial charge on any atom is -0.495 e. The van der Waals surface area contributed by atoms with Gasteiger partial charge >= 0.3 is 0 Å². The molecule has 0 fully saturated rings. The minimum atomic E-state index is 0.126. The number of rotatable bonds is 5. The fourth-order valence-electron chi connectivity index (χ4n) is 2.59. The number of halogens is 1. The Balaban J connectivity index is 1.77. The second kappa shape index (κ2) is 7.84. The minimum absolute atomic E-state index is 0.126. The zero-order valence-electron chi connectivity index (χ0n) is 15.9. The van der Waals surface area contributed by atoms with Crippen LogP contribution >= 0.6 is 11.6 Å². The highest BCUT2D eigenvalue weighted by atomic mass is 35.5. The first-order chi connectivity index (χ1) is 12.8. The fraction of sp³-hybridized carbons (Fsp3) is 0.238. The molecule has 2 N–H and O–H groups in total. The molecular formula is C21H23ClN4O. The van der Waals surface area contributed by atoms with Crippen LogP contribution in [0, 0.1) is 0 Å². The monoisotopic (exact) mass is 382 g/mol. The van der Waals surface area contributed by atoms with Crippen LogP contribution in [-0.4, -0.2) is 17.1 Å². The van der Waals surface area contributed by atoms with Gasteiger partial charge in [0.25, 0.3) is 0 Å². The molecule has 0 amide bonds. The normalized spacial score (nSPS) is 11.1. The van der Waals surface area contributed by atoms with Crippen LogP contribution in [0.15, 0.2) is 54.7 Å². The molecule has 0 atom stereocenters. The van der Waals surface area contributed by atoms with Gasteiger partial charge in [0.1, 0.15) is 11.6 Å². The number of hydrogen-bond donors (Lipinski definition) is 2. The van der Waals surface area contributed by atoms with E-state index in [1.807, 2.05) is 6.07 Å². The van der Waals surface area contributed by atoms with Gasteiger partial charge in [0.05, 0.1) is 12.8 Å². The second-order valence-electron chi connectivity index (χ2n) is 7.19. The highest BCUT2D eigenvalue weighted by Crippen LogP contribution is 2.30. The number of methoxy groups -OCH3 is 1. The summed E-state index contributed by atoms with van der Waals surface area (Å²) >= 11 is 6.07. The molecule has 0 aliphatic carbocycles. The zero-order chi connectivity index (χ0) is 19.4. The van der Waals surface area contributed by atoms with Crippen molar-refractivity contribution < 1.29 is 4.74 Å². The van der Waals surface area contributed by atoms with Gasteiger partial charge in [-0.3, -0.25) is 0 Å². The van der Waals surface area contributed by atoms with E-state index in [9.17, 15) is 0 Å². The average molecular weight is 383 g/mol. The molecule has 3 aromatic rings. The van der Waals surface area contributed by atoms with Gasteiger partial charge in [-0.05, 0) is 47.4 Å². The SMILES string of the molecule is COc1ccc(Cl)cc1Nc1nccc(Nc2ccc(C(C)(C)C)cc2)n1. The smallest absolute Gasteiger partial charge is 0.229 e. The molecule has 3 rings (SSSR count). The molecule has 27 heavy (non-hydrogen) atoms. The van der Waals surface area contributed by atoms with E-state index >= 15 is 0 Å². The molecule has 0 spiro atoms. The van der Waals surface area contributed by atoms with Crippen LogP contribution in [-0.2, 0) is 5.41 Å². The maximum atomic E-state index is 6.07. The fourth-order valence-corrected chi connectivity index (χ4v) is 2.76. The summed E-state index contributed by atoms with van der Waals surface area (Å²) in [6, 6.07) is 15.5. The summed E-state index contributed by atoms with van der Waals surface area (Å²) in [5.74, 6) is 1.81. The molecule has 1 heterocycles. The summed E-state index contributed by atoms with van der Waals surface area (Å²) in [5, 5.41) is 7.05. The van der Waals surface area contributed by atoms with Crippen molar-refractivity contribution >= 4 is 34.7 Å². The van der Waals surface area contributed by atoms with E-state index in [1.165, 1.54) is 5.56 Å². The van der Waals surface area contributed by atoms with Crippen molar-refractivity contribution in [3.63, 3.8) is 0 Å². The van der Waals surface area contributed by atoms with Crippen molar-refractivity contribution in [3.05, 3.63) is 65.3 Å². The molecule has 140 valence electrons. The zero-order valence-corrected chi connectivity index (χ0v) is 16.6. The Kier molecular flexibility index (Phi) is 5.51. The molecule has 0 radical (unpaired) electrons. The lowest BCUT2D eigenvalue weighted by molar-refractivity contribution is 0.417. The van der Waals surface area contributed by atoms with Crippen LogP contribution < -0.4 is 15.4 Å². The quantitative estimate of drug-likeness (QED) is 0.573. The maximum absolute atomic E-state index is 6.07. The molecule has 0 aliphatic heterocycles. The topological polar surface area (TPSA) is 59.1 Å². The molecule has 0 unspecified atom stereocenters. The number of nitrogens with zero attached hydrogens (tertiary/aromatic N) is 2. The third-order valence-corrected chi connectivity index (χ3v) is 4.32. The largest absolute Gasteiger partial charge is 0.495 e. The lowest BCUT2D eigenvalue weighted by Crippen LogP contribution is -2.10. The van der Waals surface area contributed by atoms with E-state index in [2.05, 4.69) is 65.6 Å². The molecule has 0 saturated heterocycles. The molecule has 2 aromatic carbocycles. The van der Waals surface area contributed by atoms with Gasteiger partial charge in [0.15, 0.2) is 0 Å². The average Bonchev–Trinajstić information content (AvgIpc) is 2.62. The van der Waals surface area contributed by atoms with E-state index in [0.717, 1.165) is 5.69 Å². The number of benzene rings is 2.